The molecule has 0 bridgehead atoms. The maximum Gasteiger partial charge on any atom is 0.0496 e. The van der Waals surface area contributed by atoms with Gasteiger partial charge >= 0.3 is 0 Å². The first-order valence-electron chi connectivity index (χ1n) is 5.53. The molecule has 0 spiro atoms. The van der Waals surface area contributed by atoms with Gasteiger partial charge in [0.2, 0.25) is 0 Å². The quantitative estimate of drug-likeness (QED) is 0.554. The zero-order valence-corrected chi connectivity index (χ0v) is 9.71. The fourth-order valence-electron chi connectivity index (χ4n) is 1.21. The van der Waals surface area contributed by atoms with Crippen molar-refractivity contribution in [2.24, 2.45) is 5.41 Å². The minimum absolute atomic E-state index is 0.00647. The van der Waals surface area contributed by atoms with Gasteiger partial charge in [0, 0.05) is 31.2 Å². The summed E-state index contributed by atoms with van der Waals surface area (Å²) in [6.07, 6.45) is 2.81. The molecule has 0 aliphatic heterocycles. The highest BCUT2D eigenvalue weighted by atomic mass is 16.3. The third-order valence-electron chi connectivity index (χ3n) is 2.91. The molecule has 0 aliphatic rings. The summed E-state index contributed by atoms with van der Waals surface area (Å²) in [5.74, 6) is 0. The average Bonchev–Trinajstić information content (AvgIpc) is 2.23. The first-order chi connectivity index (χ1) is 6.58. The second kappa shape index (κ2) is 7.21. The molecule has 0 aromatic rings. The van der Waals surface area contributed by atoms with E-state index in [0.717, 1.165) is 25.8 Å². The molecule has 0 aliphatic carbocycles. The maximum atomic E-state index is 9.19. The van der Waals surface area contributed by atoms with Crippen molar-refractivity contribution in [2.45, 2.75) is 46.1 Å². The van der Waals surface area contributed by atoms with Crippen LogP contribution in [0.4, 0.5) is 0 Å². The van der Waals surface area contributed by atoms with Crippen LogP contribution in [0, 0.1) is 5.41 Å². The molecule has 2 unspecified atom stereocenters. The molecule has 86 valence electrons. The lowest BCUT2D eigenvalue weighted by atomic mass is 9.88. The lowest BCUT2D eigenvalue weighted by Gasteiger charge is -2.28. The van der Waals surface area contributed by atoms with Crippen LogP contribution in [-0.2, 0) is 0 Å². The summed E-state index contributed by atoms with van der Waals surface area (Å²) in [7, 11) is 0. The van der Waals surface area contributed by atoms with Gasteiger partial charge in [0.1, 0.15) is 0 Å². The Morgan fingerprint density at radius 3 is 2.43 bits per heavy atom. The van der Waals surface area contributed by atoms with Crippen LogP contribution in [0.1, 0.15) is 40.0 Å². The molecule has 2 atom stereocenters. The van der Waals surface area contributed by atoms with Gasteiger partial charge in [-0.1, -0.05) is 13.8 Å². The molecule has 0 rings (SSSR count). The van der Waals surface area contributed by atoms with Crippen molar-refractivity contribution >= 4 is 0 Å². The third-order valence-corrected chi connectivity index (χ3v) is 2.91. The van der Waals surface area contributed by atoms with Crippen molar-refractivity contribution in [1.29, 1.82) is 0 Å². The van der Waals surface area contributed by atoms with Gasteiger partial charge in [0.15, 0.2) is 0 Å². The number of aliphatic hydroxyl groups excluding tert-OH is 2. The van der Waals surface area contributed by atoms with Crippen molar-refractivity contribution in [3.63, 3.8) is 0 Å². The summed E-state index contributed by atoms with van der Waals surface area (Å²) in [6.45, 7) is 7.62. The van der Waals surface area contributed by atoms with Crippen molar-refractivity contribution in [3.8, 4) is 0 Å². The molecule has 0 fully saturated rings. The lowest BCUT2D eigenvalue weighted by molar-refractivity contribution is 0.131. The zero-order valence-electron chi connectivity index (χ0n) is 9.71. The van der Waals surface area contributed by atoms with Crippen LogP contribution in [0.5, 0.6) is 0 Å². The van der Waals surface area contributed by atoms with E-state index in [-0.39, 0.29) is 18.6 Å². The molecule has 0 radical (unpaired) electrons. The van der Waals surface area contributed by atoms with Gasteiger partial charge in [0.05, 0.1) is 0 Å². The van der Waals surface area contributed by atoms with Crippen LogP contribution >= 0.6 is 0 Å². The van der Waals surface area contributed by atoms with E-state index in [4.69, 9.17) is 5.11 Å². The van der Waals surface area contributed by atoms with Gasteiger partial charge in [-0.15, -0.1) is 0 Å². The van der Waals surface area contributed by atoms with E-state index in [1.165, 1.54) is 0 Å². The Labute approximate surface area is 87.5 Å². The lowest BCUT2D eigenvalue weighted by Crippen LogP contribution is -2.38. The standard InChI is InChI=1S/C11H25NO2/c1-4-11(3,9-14)8-12-10(2)6-5-7-13/h10,12-14H,4-9H2,1-3H3. The predicted molar refractivity (Wildman–Crippen MR) is 59.3 cm³/mol. The SMILES string of the molecule is CCC(C)(CO)CNC(C)CCCO. The zero-order chi connectivity index (χ0) is 11.0. The second-order valence-electron chi connectivity index (χ2n) is 4.47. The van der Waals surface area contributed by atoms with Gasteiger partial charge in [-0.05, 0) is 26.2 Å². The van der Waals surface area contributed by atoms with Gasteiger partial charge in [-0.3, -0.25) is 0 Å². The summed E-state index contributed by atoms with van der Waals surface area (Å²) in [4.78, 5) is 0. The molecule has 0 aromatic heterocycles. The monoisotopic (exact) mass is 203 g/mol. The maximum absolute atomic E-state index is 9.19. The molecule has 3 heteroatoms. The third kappa shape index (κ3) is 5.58. The number of hydrogen-bond donors (Lipinski definition) is 3. The van der Waals surface area contributed by atoms with Gasteiger partial charge < -0.3 is 15.5 Å². The summed E-state index contributed by atoms with van der Waals surface area (Å²) < 4.78 is 0. The molecule has 0 saturated carbocycles. The Bertz CT molecular complexity index is 135. The molecule has 14 heavy (non-hydrogen) atoms. The molecule has 3 nitrogen and oxygen atoms in total. The van der Waals surface area contributed by atoms with Crippen LogP contribution in [0.3, 0.4) is 0 Å². The Morgan fingerprint density at radius 2 is 2.00 bits per heavy atom. The Morgan fingerprint density at radius 1 is 1.36 bits per heavy atom. The molecular weight excluding hydrogens is 178 g/mol. The van der Waals surface area contributed by atoms with Gasteiger partial charge in [-0.2, -0.15) is 0 Å². The number of hydrogen-bond acceptors (Lipinski definition) is 3. The van der Waals surface area contributed by atoms with Crippen molar-refractivity contribution in [2.75, 3.05) is 19.8 Å². The van der Waals surface area contributed by atoms with E-state index in [1.54, 1.807) is 0 Å². The van der Waals surface area contributed by atoms with Crippen LogP contribution in [0.25, 0.3) is 0 Å². The largest absolute Gasteiger partial charge is 0.396 e. The second-order valence-corrected chi connectivity index (χ2v) is 4.47. The van der Waals surface area contributed by atoms with Crippen molar-refractivity contribution in [1.82, 2.24) is 5.32 Å². The highest BCUT2D eigenvalue weighted by molar-refractivity contribution is 4.76. The van der Waals surface area contributed by atoms with Crippen molar-refractivity contribution in [3.05, 3.63) is 0 Å². The minimum Gasteiger partial charge on any atom is -0.396 e. The molecule has 0 saturated heterocycles. The molecule has 0 amide bonds. The fraction of sp³-hybridized carbons (Fsp3) is 1.00. The number of aliphatic hydroxyl groups is 2. The van der Waals surface area contributed by atoms with Gasteiger partial charge in [0.25, 0.3) is 0 Å². The first-order valence-corrected chi connectivity index (χ1v) is 5.53. The molecule has 3 N–H and O–H groups in total. The van der Waals surface area contributed by atoms with Crippen LogP contribution in [0.2, 0.25) is 0 Å². The van der Waals surface area contributed by atoms with E-state index in [1.807, 2.05) is 0 Å². The van der Waals surface area contributed by atoms with E-state index < -0.39 is 0 Å². The van der Waals surface area contributed by atoms with Crippen LogP contribution in [-0.4, -0.2) is 36.0 Å². The van der Waals surface area contributed by atoms with Crippen LogP contribution < -0.4 is 5.32 Å². The van der Waals surface area contributed by atoms with E-state index >= 15 is 0 Å². The molecular formula is C11H25NO2. The Kier molecular flexibility index (Phi) is 7.15. The smallest absolute Gasteiger partial charge is 0.0496 e. The Hall–Kier alpha value is -0.120. The average molecular weight is 203 g/mol. The van der Waals surface area contributed by atoms with Gasteiger partial charge in [-0.25, -0.2) is 0 Å². The highest BCUT2D eigenvalue weighted by Crippen LogP contribution is 2.18. The van der Waals surface area contributed by atoms with Crippen LogP contribution in [0.15, 0.2) is 0 Å². The molecule has 0 aromatic carbocycles. The van der Waals surface area contributed by atoms with E-state index in [0.29, 0.717) is 6.04 Å². The predicted octanol–water partition coefficient (Wildman–Crippen LogP) is 1.15. The fourth-order valence-corrected chi connectivity index (χ4v) is 1.21. The summed E-state index contributed by atoms with van der Waals surface area (Å²) >= 11 is 0. The highest BCUT2D eigenvalue weighted by Gasteiger charge is 2.20. The minimum atomic E-state index is -0.00647. The Balaban J connectivity index is 3.68. The number of rotatable bonds is 8. The first kappa shape index (κ1) is 13.9. The van der Waals surface area contributed by atoms with E-state index in [2.05, 4.69) is 26.1 Å². The number of nitrogens with one attached hydrogen (secondary N) is 1. The summed E-state index contributed by atoms with van der Waals surface area (Å²) in [5.41, 5.74) is -0.00647. The summed E-state index contributed by atoms with van der Waals surface area (Å²) in [6, 6.07) is 0.416. The van der Waals surface area contributed by atoms with Crippen molar-refractivity contribution < 1.29 is 10.2 Å². The summed E-state index contributed by atoms with van der Waals surface area (Å²) in [5, 5.41) is 21.3. The van der Waals surface area contributed by atoms with E-state index in [9.17, 15) is 5.11 Å². The topological polar surface area (TPSA) is 52.5 Å². The normalized spacial score (nSPS) is 17.8. The molecule has 0 heterocycles.